The number of rotatable bonds is 6. The third kappa shape index (κ3) is 3.73. The number of para-hydroxylation sites is 1. The molecule has 1 heterocycles. The quantitative estimate of drug-likeness (QED) is 0.698. The average molecular weight is 295 g/mol. The van der Waals surface area contributed by atoms with Crippen molar-refractivity contribution in [2.24, 2.45) is 0 Å². The molecule has 3 aromatic rings. The summed E-state index contributed by atoms with van der Waals surface area (Å²) in [5, 5.41) is 4.48. The number of fused-ring (bicyclic) bond motifs is 1. The molecule has 0 aliphatic heterocycles. The van der Waals surface area contributed by atoms with Gasteiger partial charge in [-0.05, 0) is 17.7 Å². The number of hydrogen-bond donors (Lipinski definition) is 1. The number of benzene rings is 2. The molecule has 0 saturated carbocycles. The molecule has 0 aliphatic carbocycles. The molecule has 0 aliphatic rings. The summed E-state index contributed by atoms with van der Waals surface area (Å²) >= 11 is 1.93. The summed E-state index contributed by atoms with van der Waals surface area (Å²) in [6, 6.07) is 18.6. The second-order valence-corrected chi connectivity index (χ2v) is 5.81. The highest BCUT2D eigenvalue weighted by atomic mass is 32.2. The Morgan fingerprint density at radius 2 is 1.71 bits per heavy atom. The van der Waals surface area contributed by atoms with Crippen LogP contribution in [0.4, 0.5) is 5.82 Å². The van der Waals surface area contributed by atoms with E-state index in [2.05, 4.69) is 51.7 Å². The van der Waals surface area contributed by atoms with Gasteiger partial charge >= 0.3 is 0 Å². The van der Waals surface area contributed by atoms with E-state index in [1.54, 1.807) is 6.33 Å². The first-order valence-corrected chi connectivity index (χ1v) is 8.14. The maximum absolute atomic E-state index is 4.33. The number of thioether (sulfide) groups is 1. The fourth-order valence-electron chi connectivity index (χ4n) is 2.15. The first-order chi connectivity index (χ1) is 10.4. The van der Waals surface area contributed by atoms with E-state index in [4.69, 9.17) is 0 Å². The minimum atomic E-state index is 0.901. The highest BCUT2D eigenvalue weighted by molar-refractivity contribution is 7.98. The summed E-state index contributed by atoms with van der Waals surface area (Å²) in [6.07, 6.45) is 1.61. The third-order valence-electron chi connectivity index (χ3n) is 3.19. The van der Waals surface area contributed by atoms with Crippen LogP contribution in [-0.2, 0) is 5.75 Å². The Bertz CT molecular complexity index is 695. The number of anilines is 1. The lowest BCUT2D eigenvalue weighted by Gasteiger charge is -2.08. The molecule has 3 rings (SSSR count). The van der Waals surface area contributed by atoms with Crippen LogP contribution in [0.1, 0.15) is 5.56 Å². The van der Waals surface area contributed by atoms with E-state index in [1.807, 2.05) is 30.0 Å². The molecule has 3 nitrogen and oxygen atoms in total. The summed E-state index contributed by atoms with van der Waals surface area (Å²) in [5.41, 5.74) is 2.35. The minimum Gasteiger partial charge on any atom is -0.369 e. The van der Waals surface area contributed by atoms with Gasteiger partial charge in [-0.1, -0.05) is 42.5 Å². The molecule has 0 amide bonds. The Morgan fingerprint density at radius 3 is 2.62 bits per heavy atom. The topological polar surface area (TPSA) is 37.8 Å². The van der Waals surface area contributed by atoms with Crippen molar-refractivity contribution in [3.63, 3.8) is 0 Å². The Labute approximate surface area is 128 Å². The zero-order valence-corrected chi connectivity index (χ0v) is 12.5. The van der Waals surface area contributed by atoms with Crippen LogP contribution in [0.15, 0.2) is 60.9 Å². The van der Waals surface area contributed by atoms with Crippen molar-refractivity contribution in [1.29, 1.82) is 0 Å². The molecule has 21 heavy (non-hydrogen) atoms. The minimum absolute atomic E-state index is 0.901. The summed E-state index contributed by atoms with van der Waals surface area (Å²) < 4.78 is 0. The predicted molar refractivity (Wildman–Crippen MR) is 90.6 cm³/mol. The number of aromatic nitrogens is 2. The van der Waals surface area contributed by atoms with Crippen LogP contribution in [0.2, 0.25) is 0 Å². The van der Waals surface area contributed by atoms with Crippen molar-refractivity contribution < 1.29 is 0 Å². The average Bonchev–Trinajstić information content (AvgIpc) is 2.56. The van der Waals surface area contributed by atoms with E-state index in [9.17, 15) is 0 Å². The lowest BCUT2D eigenvalue weighted by atomic mass is 10.2. The van der Waals surface area contributed by atoms with Crippen LogP contribution in [0.5, 0.6) is 0 Å². The van der Waals surface area contributed by atoms with Gasteiger partial charge in [-0.25, -0.2) is 9.97 Å². The summed E-state index contributed by atoms with van der Waals surface area (Å²) in [4.78, 5) is 8.60. The van der Waals surface area contributed by atoms with Crippen LogP contribution < -0.4 is 5.32 Å². The first-order valence-electron chi connectivity index (χ1n) is 6.99. The number of hydrogen-bond acceptors (Lipinski definition) is 4. The van der Waals surface area contributed by atoms with Gasteiger partial charge in [0.2, 0.25) is 0 Å². The normalized spacial score (nSPS) is 10.7. The predicted octanol–water partition coefficient (Wildman–Crippen LogP) is 3.98. The van der Waals surface area contributed by atoms with Gasteiger partial charge in [-0.3, -0.25) is 0 Å². The molecule has 1 aromatic heterocycles. The molecule has 0 saturated heterocycles. The lowest BCUT2D eigenvalue weighted by molar-refractivity contribution is 1.15. The van der Waals surface area contributed by atoms with Crippen LogP contribution >= 0.6 is 11.8 Å². The zero-order valence-electron chi connectivity index (χ0n) is 11.7. The fraction of sp³-hybridized carbons (Fsp3) is 0.176. The monoisotopic (exact) mass is 295 g/mol. The molecule has 1 N–H and O–H groups in total. The van der Waals surface area contributed by atoms with Crippen molar-refractivity contribution in [3.8, 4) is 0 Å². The molecule has 0 spiro atoms. The zero-order chi connectivity index (χ0) is 14.3. The smallest absolute Gasteiger partial charge is 0.137 e. The highest BCUT2D eigenvalue weighted by Gasteiger charge is 2.01. The van der Waals surface area contributed by atoms with Gasteiger partial charge in [0.25, 0.3) is 0 Å². The molecule has 2 aromatic carbocycles. The molecule has 4 heteroatoms. The van der Waals surface area contributed by atoms with E-state index < -0.39 is 0 Å². The van der Waals surface area contributed by atoms with Crippen LogP contribution in [0, 0.1) is 0 Å². The second kappa shape index (κ2) is 7.09. The van der Waals surface area contributed by atoms with Crippen molar-refractivity contribution in [2.75, 3.05) is 17.6 Å². The maximum atomic E-state index is 4.33. The molecule has 0 radical (unpaired) electrons. The molecular formula is C17H17N3S. The summed E-state index contributed by atoms with van der Waals surface area (Å²) in [5.74, 6) is 3.01. The van der Waals surface area contributed by atoms with E-state index in [0.29, 0.717) is 0 Å². The van der Waals surface area contributed by atoms with E-state index in [-0.39, 0.29) is 0 Å². The Hall–Kier alpha value is -2.07. The maximum Gasteiger partial charge on any atom is 0.137 e. The van der Waals surface area contributed by atoms with Crippen LogP contribution in [0.25, 0.3) is 10.9 Å². The molecule has 0 fully saturated rings. The van der Waals surface area contributed by atoms with Gasteiger partial charge < -0.3 is 5.32 Å². The molecule has 0 bridgehead atoms. The van der Waals surface area contributed by atoms with E-state index in [1.165, 1.54) is 5.56 Å². The van der Waals surface area contributed by atoms with E-state index in [0.717, 1.165) is 34.8 Å². The van der Waals surface area contributed by atoms with Crippen molar-refractivity contribution in [3.05, 3.63) is 66.5 Å². The fourth-order valence-corrected chi connectivity index (χ4v) is 2.97. The molecule has 0 unspecified atom stereocenters. The Morgan fingerprint density at radius 1 is 0.905 bits per heavy atom. The third-order valence-corrected chi connectivity index (χ3v) is 4.22. The van der Waals surface area contributed by atoms with Crippen LogP contribution in [0.3, 0.4) is 0 Å². The lowest BCUT2D eigenvalue weighted by Crippen LogP contribution is -2.06. The number of nitrogens with one attached hydrogen (secondary N) is 1. The molecule has 0 atom stereocenters. The van der Waals surface area contributed by atoms with Gasteiger partial charge in [0.05, 0.1) is 5.52 Å². The van der Waals surface area contributed by atoms with Crippen molar-refractivity contribution in [1.82, 2.24) is 9.97 Å². The van der Waals surface area contributed by atoms with Gasteiger partial charge in [0.1, 0.15) is 12.1 Å². The highest BCUT2D eigenvalue weighted by Crippen LogP contribution is 2.18. The Balaban J connectivity index is 1.51. The van der Waals surface area contributed by atoms with Gasteiger partial charge in [-0.15, -0.1) is 0 Å². The van der Waals surface area contributed by atoms with Gasteiger partial charge in [-0.2, -0.15) is 11.8 Å². The molecular weight excluding hydrogens is 278 g/mol. The van der Waals surface area contributed by atoms with Gasteiger partial charge in [0, 0.05) is 23.4 Å². The van der Waals surface area contributed by atoms with E-state index >= 15 is 0 Å². The number of nitrogens with zero attached hydrogens (tertiary/aromatic N) is 2. The van der Waals surface area contributed by atoms with Gasteiger partial charge in [0.15, 0.2) is 0 Å². The second-order valence-electron chi connectivity index (χ2n) is 4.70. The van der Waals surface area contributed by atoms with Crippen molar-refractivity contribution in [2.45, 2.75) is 5.75 Å². The summed E-state index contributed by atoms with van der Waals surface area (Å²) in [7, 11) is 0. The SMILES string of the molecule is c1ccc(CSCCNc2ncnc3ccccc23)cc1. The first kappa shape index (κ1) is 13.9. The standard InChI is InChI=1S/C17H17N3S/c1-2-6-14(7-3-1)12-21-11-10-18-17-15-8-4-5-9-16(15)19-13-20-17/h1-9,13H,10-12H2,(H,18,19,20). The Kier molecular flexibility index (Phi) is 4.69. The van der Waals surface area contributed by atoms with Crippen LogP contribution in [-0.4, -0.2) is 22.3 Å². The molecule has 106 valence electrons. The van der Waals surface area contributed by atoms with Crippen molar-refractivity contribution >= 4 is 28.5 Å². The summed E-state index contributed by atoms with van der Waals surface area (Å²) in [6.45, 7) is 0.901. The largest absolute Gasteiger partial charge is 0.369 e.